The van der Waals surface area contributed by atoms with E-state index in [1.165, 1.54) is 32.1 Å². The maximum absolute atomic E-state index is 9.06. The first-order valence-corrected chi connectivity index (χ1v) is 8.47. The molecule has 4 saturated carbocycles. The van der Waals surface area contributed by atoms with Gasteiger partial charge in [0, 0.05) is 18.0 Å². The molecule has 0 saturated heterocycles. The molecule has 1 heterocycles. The Morgan fingerprint density at radius 3 is 2.42 bits per heavy atom. The van der Waals surface area contributed by atoms with Gasteiger partial charge in [-0.05, 0) is 55.8 Å². The summed E-state index contributed by atoms with van der Waals surface area (Å²) < 4.78 is 0. The molecule has 4 heteroatoms. The minimum atomic E-state index is 0.0721. The smallest absolute Gasteiger partial charge is 0.118 e. The van der Waals surface area contributed by atoms with Gasteiger partial charge in [0.15, 0.2) is 0 Å². The summed E-state index contributed by atoms with van der Waals surface area (Å²) in [6.45, 7) is 0.951. The first-order valence-electron chi connectivity index (χ1n) is 7.59. The third kappa shape index (κ3) is 2.24. The number of rotatable bonds is 4. The van der Waals surface area contributed by atoms with E-state index in [4.69, 9.17) is 5.11 Å². The highest BCUT2D eigenvalue weighted by molar-refractivity contribution is 7.09. The molecule has 3 nitrogen and oxygen atoms in total. The van der Waals surface area contributed by atoms with Crippen molar-refractivity contribution in [2.45, 2.75) is 51.3 Å². The summed E-state index contributed by atoms with van der Waals surface area (Å²) in [5, 5.41) is 15.8. The zero-order chi connectivity index (χ0) is 12.8. The van der Waals surface area contributed by atoms with Crippen molar-refractivity contribution in [3.8, 4) is 0 Å². The van der Waals surface area contributed by atoms with Crippen LogP contribution in [-0.2, 0) is 13.2 Å². The average molecular weight is 278 g/mol. The van der Waals surface area contributed by atoms with Gasteiger partial charge in [-0.25, -0.2) is 4.98 Å². The fourth-order valence-corrected chi connectivity index (χ4v) is 5.64. The van der Waals surface area contributed by atoms with Crippen molar-refractivity contribution < 1.29 is 5.11 Å². The number of aliphatic hydroxyl groups is 1. The summed E-state index contributed by atoms with van der Waals surface area (Å²) >= 11 is 1.56. The predicted octanol–water partition coefficient (Wildman–Crippen LogP) is 2.55. The molecular formula is C15H22N2OS. The fourth-order valence-electron chi connectivity index (χ4n) is 4.98. The highest BCUT2D eigenvalue weighted by Gasteiger charge is 2.47. The Kier molecular flexibility index (Phi) is 3.13. The Labute approximate surface area is 118 Å². The van der Waals surface area contributed by atoms with Gasteiger partial charge < -0.3 is 10.4 Å². The lowest BCUT2D eigenvalue weighted by Crippen LogP contribution is -2.54. The van der Waals surface area contributed by atoms with Gasteiger partial charge in [-0.3, -0.25) is 0 Å². The van der Waals surface area contributed by atoms with Gasteiger partial charge >= 0.3 is 0 Å². The SMILES string of the molecule is OCc1nc(CNC2C3CC4CC(C3)CC2C4)cs1. The highest BCUT2D eigenvalue weighted by Crippen LogP contribution is 2.53. The number of nitrogens with zero attached hydrogens (tertiary/aromatic N) is 1. The number of aliphatic hydroxyl groups excluding tert-OH is 1. The van der Waals surface area contributed by atoms with E-state index in [0.717, 1.165) is 47.0 Å². The summed E-state index contributed by atoms with van der Waals surface area (Å²) in [5.41, 5.74) is 1.10. The molecule has 19 heavy (non-hydrogen) atoms. The van der Waals surface area contributed by atoms with Crippen LogP contribution in [0.4, 0.5) is 0 Å². The van der Waals surface area contributed by atoms with Crippen LogP contribution in [0.1, 0.15) is 42.8 Å². The Morgan fingerprint density at radius 1 is 1.16 bits per heavy atom. The van der Waals surface area contributed by atoms with Crippen molar-refractivity contribution in [2.75, 3.05) is 0 Å². The van der Waals surface area contributed by atoms with Crippen LogP contribution in [0.3, 0.4) is 0 Å². The minimum absolute atomic E-state index is 0.0721. The minimum Gasteiger partial charge on any atom is -0.389 e. The van der Waals surface area contributed by atoms with Crippen LogP contribution in [0.15, 0.2) is 5.38 Å². The zero-order valence-electron chi connectivity index (χ0n) is 11.2. The van der Waals surface area contributed by atoms with Crippen LogP contribution in [0.2, 0.25) is 0 Å². The van der Waals surface area contributed by atoms with Gasteiger partial charge in [-0.1, -0.05) is 0 Å². The molecule has 1 aromatic rings. The standard InChI is InChI=1S/C15H22N2OS/c18-7-14-17-13(8-19-14)6-16-15-11-2-9-1-10(4-11)5-12(15)3-9/h8-12,15-16,18H,1-7H2. The summed E-state index contributed by atoms with van der Waals surface area (Å²) in [7, 11) is 0. The topological polar surface area (TPSA) is 45.2 Å². The van der Waals surface area contributed by atoms with Gasteiger partial charge in [-0.15, -0.1) is 11.3 Å². The van der Waals surface area contributed by atoms with Crippen molar-refractivity contribution in [3.05, 3.63) is 16.1 Å². The first-order chi connectivity index (χ1) is 9.31. The molecule has 4 aliphatic carbocycles. The summed E-state index contributed by atoms with van der Waals surface area (Å²) in [4.78, 5) is 4.44. The molecule has 1 aromatic heterocycles. The highest BCUT2D eigenvalue weighted by atomic mass is 32.1. The summed E-state index contributed by atoms with van der Waals surface area (Å²) in [5.74, 6) is 3.93. The zero-order valence-corrected chi connectivity index (χ0v) is 12.0. The van der Waals surface area contributed by atoms with Gasteiger partial charge in [0.25, 0.3) is 0 Å². The van der Waals surface area contributed by atoms with Crippen LogP contribution >= 0.6 is 11.3 Å². The Hall–Kier alpha value is -0.450. The normalized spacial score (nSPS) is 39.9. The number of hydrogen-bond donors (Lipinski definition) is 2. The Morgan fingerprint density at radius 2 is 1.84 bits per heavy atom. The summed E-state index contributed by atoms with van der Waals surface area (Å²) in [6, 6.07) is 0.729. The van der Waals surface area contributed by atoms with E-state index >= 15 is 0 Å². The van der Waals surface area contributed by atoms with Gasteiger partial charge in [0.1, 0.15) is 5.01 Å². The fraction of sp³-hybridized carbons (Fsp3) is 0.800. The molecular weight excluding hydrogens is 256 g/mol. The predicted molar refractivity (Wildman–Crippen MR) is 75.7 cm³/mol. The molecule has 0 radical (unpaired) electrons. The van der Waals surface area contributed by atoms with E-state index in [9.17, 15) is 0 Å². The average Bonchev–Trinajstić information content (AvgIpc) is 2.85. The Bertz CT molecular complexity index is 431. The molecule has 104 valence electrons. The Balaban J connectivity index is 1.40. The maximum atomic E-state index is 9.06. The second kappa shape index (κ2) is 4.83. The van der Waals surface area contributed by atoms with E-state index in [1.54, 1.807) is 11.3 Å². The second-order valence-corrected chi connectivity index (χ2v) is 7.67. The lowest BCUT2D eigenvalue weighted by molar-refractivity contribution is -0.0143. The van der Waals surface area contributed by atoms with Crippen molar-refractivity contribution in [3.63, 3.8) is 0 Å². The van der Waals surface area contributed by atoms with Crippen LogP contribution in [0, 0.1) is 23.7 Å². The molecule has 0 spiro atoms. The second-order valence-electron chi connectivity index (χ2n) is 6.73. The monoisotopic (exact) mass is 278 g/mol. The van der Waals surface area contributed by atoms with Crippen molar-refractivity contribution in [1.82, 2.24) is 10.3 Å². The largest absolute Gasteiger partial charge is 0.389 e. The maximum Gasteiger partial charge on any atom is 0.118 e. The lowest BCUT2D eigenvalue weighted by atomic mass is 9.54. The van der Waals surface area contributed by atoms with E-state index < -0.39 is 0 Å². The van der Waals surface area contributed by atoms with E-state index in [1.807, 2.05) is 0 Å². The quantitative estimate of drug-likeness (QED) is 0.889. The molecule has 5 rings (SSSR count). The third-order valence-corrected chi connectivity index (χ3v) is 6.36. The molecule has 0 aliphatic heterocycles. The van der Waals surface area contributed by atoms with Crippen LogP contribution < -0.4 is 5.32 Å². The van der Waals surface area contributed by atoms with Crippen molar-refractivity contribution in [2.24, 2.45) is 23.7 Å². The molecule has 2 N–H and O–H groups in total. The van der Waals surface area contributed by atoms with E-state index in [2.05, 4.69) is 15.7 Å². The number of nitrogens with one attached hydrogen (secondary N) is 1. The number of thiazole rings is 1. The molecule has 0 amide bonds. The van der Waals surface area contributed by atoms with Crippen LogP contribution in [0.5, 0.6) is 0 Å². The van der Waals surface area contributed by atoms with Gasteiger partial charge in [0.2, 0.25) is 0 Å². The molecule has 4 aliphatic rings. The summed E-state index contributed by atoms with van der Waals surface area (Å²) in [6.07, 6.45) is 7.37. The van der Waals surface area contributed by atoms with Crippen LogP contribution in [-0.4, -0.2) is 16.1 Å². The van der Waals surface area contributed by atoms with Gasteiger partial charge in [-0.2, -0.15) is 0 Å². The van der Waals surface area contributed by atoms with E-state index in [0.29, 0.717) is 0 Å². The third-order valence-electron chi connectivity index (χ3n) is 5.48. The van der Waals surface area contributed by atoms with Crippen molar-refractivity contribution in [1.29, 1.82) is 0 Å². The number of hydrogen-bond acceptors (Lipinski definition) is 4. The van der Waals surface area contributed by atoms with Crippen LogP contribution in [0.25, 0.3) is 0 Å². The molecule has 0 unspecified atom stereocenters. The first kappa shape index (κ1) is 12.3. The van der Waals surface area contributed by atoms with E-state index in [-0.39, 0.29) is 6.61 Å². The number of aromatic nitrogens is 1. The van der Waals surface area contributed by atoms with Crippen molar-refractivity contribution >= 4 is 11.3 Å². The van der Waals surface area contributed by atoms with Gasteiger partial charge in [0.05, 0.1) is 12.3 Å². The molecule has 4 bridgehead atoms. The molecule has 0 aromatic carbocycles. The molecule has 0 atom stereocenters. The molecule has 4 fully saturated rings. The lowest BCUT2D eigenvalue weighted by Gasteiger charge is -2.54.